The van der Waals surface area contributed by atoms with Gasteiger partial charge in [-0.3, -0.25) is 4.79 Å². The lowest BCUT2D eigenvalue weighted by Crippen LogP contribution is -2.42. The van der Waals surface area contributed by atoms with Gasteiger partial charge >= 0.3 is 5.97 Å². The van der Waals surface area contributed by atoms with Gasteiger partial charge in [-0.25, -0.2) is 4.79 Å². The maximum Gasteiger partial charge on any atom is 0.326 e. The number of methoxy groups -OCH3 is 1. The largest absolute Gasteiger partial charge is 0.493 e. The Hall–Kier alpha value is -3.02. The molecule has 0 aromatic heterocycles. The molecule has 1 atom stereocenters. The van der Waals surface area contributed by atoms with Crippen LogP contribution < -0.4 is 9.47 Å². The topological polar surface area (TPSA) is 76.1 Å². The quantitative estimate of drug-likeness (QED) is 0.785. The highest BCUT2D eigenvalue weighted by Gasteiger charge is 2.27. The number of carbonyl (C=O) groups is 2. The molecule has 0 aliphatic heterocycles. The molecule has 0 radical (unpaired) electrons. The van der Waals surface area contributed by atoms with E-state index in [1.807, 2.05) is 37.3 Å². The van der Waals surface area contributed by atoms with E-state index in [4.69, 9.17) is 9.47 Å². The Morgan fingerprint density at radius 3 is 2.38 bits per heavy atom. The van der Waals surface area contributed by atoms with Crippen LogP contribution in [0.25, 0.3) is 0 Å². The first-order valence-electron chi connectivity index (χ1n) is 8.36. The van der Waals surface area contributed by atoms with Crippen molar-refractivity contribution in [2.24, 2.45) is 0 Å². The predicted molar refractivity (Wildman–Crippen MR) is 97.6 cm³/mol. The lowest BCUT2D eigenvalue weighted by Gasteiger charge is -2.27. The van der Waals surface area contributed by atoms with Crippen molar-refractivity contribution >= 4 is 11.9 Å². The van der Waals surface area contributed by atoms with Gasteiger partial charge in [-0.1, -0.05) is 30.3 Å². The number of carboxylic acids is 1. The zero-order valence-corrected chi connectivity index (χ0v) is 15.1. The first kappa shape index (κ1) is 19.3. The van der Waals surface area contributed by atoms with Crippen LogP contribution in [-0.2, 0) is 11.3 Å². The zero-order valence-electron chi connectivity index (χ0n) is 15.1. The van der Waals surface area contributed by atoms with Crippen molar-refractivity contribution in [2.45, 2.75) is 26.4 Å². The van der Waals surface area contributed by atoms with Gasteiger partial charge in [0, 0.05) is 12.1 Å². The van der Waals surface area contributed by atoms with Gasteiger partial charge in [0.05, 0.1) is 13.7 Å². The van der Waals surface area contributed by atoms with Crippen molar-refractivity contribution in [1.29, 1.82) is 0 Å². The normalized spacial score (nSPS) is 11.5. The third-order valence-electron chi connectivity index (χ3n) is 3.99. The molecular formula is C20H23NO5. The molecule has 2 aromatic carbocycles. The molecule has 0 bridgehead atoms. The molecule has 0 heterocycles. The summed E-state index contributed by atoms with van der Waals surface area (Å²) in [6, 6.07) is 13.1. The fraction of sp³-hybridized carbons (Fsp3) is 0.300. The minimum absolute atomic E-state index is 0.197. The maximum absolute atomic E-state index is 13.0. The van der Waals surface area contributed by atoms with E-state index in [-0.39, 0.29) is 12.5 Å². The Kier molecular flexibility index (Phi) is 6.60. The molecule has 0 aliphatic carbocycles. The number of hydrogen-bond donors (Lipinski definition) is 1. The van der Waals surface area contributed by atoms with Gasteiger partial charge < -0.3 is 19.5 Å². The SMILES string of the molecule is CCOc1ccc(C(=O)N(Cc2ccccc2)C(C)C(=O)O)cc1OC. The number of carbonyl (C=O) groups excluding carboxylic acids is 1. The van der Waals surface area contributed by atoms with E-state index in [0.717, 1.165) is 5.56 Å². The van der Waals surface area contributed by atoms with Crippen LogP contribution in [0.15, 0.2) is 48.5 Å². The van der Waals surface area contributed by atoms with Crippen molar-refractivity contribution < 1.29 is 24.2 Å². The second kappa shape index (κ2) is 8.89. The molecule has 0 fully saturated rings. The summed E-state index contributed by atoms with van der Waals surface area (Å²) in [4.78, 5) is 25.8. The lowest BCUT2D eigenvalue weighted by molar-refractivity contribution is -0.141. The second-order valence-electron chi connectivity index (χ2n) is 5.73. The first-order chi connectivity index (χ1) is 12.5. The van der Waals surface area contributed by atoms with Gasteiger partial charge in [0.2, 0.25) is 0 Å². The third kappa shape index (κ3) is 4.53. The smallest absolute Gasteiger partial charge is 0.326 e. The van der Waals surface area contributed by atoms with Crippen molar-refractivity contribution in [3.8, 4) is 11.5 Å². The summed E-state index contributed by atoms with van der Waals surface area (Å²) in [5.74, 6) is -0.481. The number of rotatable bonds is 8. The summed E-state index contributed by atoms with van der Waals surface area (Å²) in [6.45, 7) is 4.02. The molecule has 0 aliphatic rings. The summed E-state index contributed by atoms with van der Waals surface area (Å²) >= 11 is 0. The molecule has 2 aromatic rings. The Morgan fingerprint density at radius 2 is 1.81 bits per heavy atom. The Morgan fingerprint density at radius 1 is 1.12 bits per heavy atom. The Labute approximate surface area is 153 Å². The van der Waals surface area contributed by atoms with Crippen LogP contribution in [0.3, 0.4) is 0 Å². The van der Waals surface area contributed by atoms with Gasteiger partial charge in [0.15, 0.2) is 11.5 Å². The predicted octanol–water partition coefficient (Wildman–Crippen LogP) is 3.21. The standard InChI is InChI=1S/C20H23NO5/c1-4-26-17-11-10-16(12-18(17)25-3)19(22)21(14(2)20(23)24)13-15-8-6-5-7-9-15/h5-12,14H,4,13H2,1-3H3,(H,23,24). The van der Waals surface area contributed by atoms with Crippen molar-refractivity contribution in [3.05, 3.63) is 59.7 Å². The van der Waals surface area contributed by atoms with Gasteiger partial charge in [-0.05, 0) is 37.6 Å². The van der Waals surface area contributed by atoms with E-state index in [1.165, 1.54) is 18.9 Å². The van der Waals surface area contributed by atoms with Crippen LogP contribution in [0.2, 0.25) is 0 Å². The van der Waals surface area contributed by atoms with Crippen molar-refractivity contribution in [3.63, 3.8) is 0 Å². The fourth-order valence-corrected chi connectivity index (χ4v) is 2.54. The Balaban J connectivity index is 2.35. The molecule has 1 amide bonds. The summed E-state index contributed by atoms with van der Waals surface area (Å²) in [5, 5.41) is 9.40. The molecule has 2 rings (SSSR count). The summed E-state index contributed by atoms with van der Waals surface area (Å²) < 4.78 is 10.7. The fourth-order valence-electron chi connectivity index (χ4n) is 2.54. The van der Waals surface area contributed by atoms with Crippen LogP contribution in [0, 0.1) is 0 Å². The highest BCUT2D eigenvalue weighted by molar-refractivity contribution is 5.97. The highest BCUT2D eigenvalue weighted by Crippen LogP contribution is 2.29. The van der Waals surface area contributed by atoms with Crippen LogP contribution in [-0.4, -0.2) is 41.6 Å². The average molecular weight is 357 g/mol. The monoisotopic (exact) mass is 357 g/mol. The van der Waals surface area contributed by atoms with Crippen LogP contribution in [0.5, 0.6) is 11.5 Å². The molecule has 6 heteroatoms. The first-order valence-corrected chi connectivity index (χ1v) is 8.36. The van der Waals surface area contributed by atoms with E-state index >= 15 is 0 Å². The highest BCUT2D eigenvalue weighted by atomic mass is 16.5. The van der Waals surface area contributed by atoms with Crippen LogP contribution in [0.4, 0.5) is 0 Å². The molecular weight excluding hydrogens is 334 g/mol. The summed E-state index contributed by atoms with van der Waals surface area (Å²) in [5.41, 5.74) is 1.20. The maximum atomic E-state index is 13.0. The number of carboxylic acid groups (broad SMARTS) is 1. The molecule has 26 heavy (non-hydrogen) atoms. The van der Waals surface area contributed by atoms with Crippen molar-refractivity contribution in [1.82, 2.24) is 4.90 Å². The molecule has 0 saturated carbocycles. The second-order valence-corrected chi connectivity index (χ2v) is 5.73. The number of amides is 1. The summed E-state index contributed by atoms with van der Waals surface area (Å²) in [6.07, 6.45) is 0. The van der Waals surface area contributed by atoms with E-state index in [9.17, 15) is 14.7 Å². The molecule has 1 N–H and O–H groups in total. The van der Waals surface area contributed by atoms with E-state index in [0.29, 0.717) is 23.7 Å². The van der Waals surface area contributed by atoms with Gasteiger partial charge in [0.25, 0.3) is 5.91 Å². The van der Waals surface area contributed by atoms with Crippen molar-refractivity contribution in [2.75, 3.05) is 13.7 Å². The number of aliphatic carboxylic acids is 1. The number of nitrogens with zero attached hydrogens (tertiary/aromatic N) is 1. The van der Waals surface area contributed by atoms with E-state index in [2.05, 4.69) is 0 Å². The number of ether oxygens (including phenoxy) is 2. The van der Waals surface area contributed by atoms with E-state index in [1.54, 1.807) is 18.2 Å². The molecule has 0 saturated heterocycles. The number of hydrogen-bond acceptors (Lipinski definition) is 4. The minimum atomic E-state index is -1.06. The number of benzene rings is 2. The lowest BCUT2D eigenvalue weighted by atomic mass is 10.1. The Bertz CT molecular complexity index is 760. The third-order valence-corrected chi connectivity index (χ3v) is 3.99. The van der Waals surface area contributed by atoms with Crippen LogP contribution in [0.1, 0.15) is 29.8 Å². The van der Waals surface area contributed by atoms with Gasteiger partial charge in [-0.2, -0.15) is 0 Å². The minimum Gasteiger partial charge on any atom is -0.493 e. The average Bonchev–Trinajstić information content (AvgIpc) is 2.66. The molecule has 0 spiro atoms. The van der Waals surface area contributed by atoms with Gasteiger partial charge in [0.1, 0.15) is 6.04 Å². The zero-order chi connectivity index (χ0) is 19.1. The van der Waals surface area contributed by atoms with E-state index < -0.39 is 12.0 Å². The molecule has 6 nitrogen and oxygen atoms in total. The summed E-state index contributed by atoms with van der Waals surface area (Å²) in [7, 11) is 1.49. The van der Waals surface area contributed by atoms with Crippen LogP contribution >= 0.6 is 0 Å². The molecule has 138 valence electrons. The molecule has 1 unspecified atom stereocenters. The van der Waals surface area contributed by atoms with Gasteiger partial charge in [-0.15, -0.1) is 0 Å².